The van der Waals surface area contributed by atoms with Crippen LogP contribution in [0.4, 0.5) is 0 Å². The molecule has 2 atom stereocenters. The number of aromatic nitrogens is 1. The highest BCUT2D eigenvalue weighted by atomic mass is 16.1. The van der Waals surface area contributed by atoms with Gasteiger partial charge in [-0.25, -0.2) is 0 Å². The van der Waals surface area contributed by atoms with E-state index in [0.717, 1.165) is 49.2 Å². The Balaban J connectivity index is 1.74. The molecule has 3 N–H and O–H groups in total. The summed E-state index contributed by atoms with van der Waals surface area (Å²) in [7, 11) is 0. The van der Waals surface area contributed by atoms with Gasteiger partial charge in [-0.3, -0.25) is 4.79 Å². The molecule has 1 saturated carbocycles. The van der Waals surface area contributed by atoms with E-state index in [0.29, 0.717) is 0 Å². The fourth-order valence-corrected chi connectivity index (χ4v) is 3.66. The lowest BCUT2D eigenvalue weighted by Gasteiger charge is -2.27. The largest absolute Gasteiger partial charge is 0.349 e. The van der Waals surface area contributed by atoms with Crippen LogP contribution in [0.3, 0.4) is 0 Å². The molecule has 4 heteroatoms. The zero-order valence-electron chi connectivity index (χ0n) is 14.6. The van der Waals surface area contributed by atoms with E-state index in [-0.39, 0.29) is 18.0 Å². The van der Waals surface area contributed by atoms with E-state index in [1.165, 1.54) is 5.56 Å². The highest BCUT2D eigenvalue weighted by molar-refractivity contribution is 5.95. The minimum atomic E-state index is 0.0292. The molecule has 128 valence electrons. The van der Waals surface area contributed by atoms with E-state index in [1.807, 2.05) is 31.2 Å². The van der Waals surface area contributed by atoms with Crippen molar-refractivity contribution in [1.29, 1.82) is 0 Å². The van der Waals surface area contributed by atoms with E-state index >= 15 is 0 Å². The second kappa shape index (κ2) is 7.22. The molecule has 1 heterocycles. The summed E-state index contributed by atoms with van der Waals surface area (Å²) in [5.41, 5.74) is 10.2. The van der Waals surface area contributed by atoms with Gasteiger partial charge in [0.2, 0.25) is 0 Å². The third-order valence-electron chi connectivity index (χ3n) is 5.05. The maximum Gasteiger partial charge on any atom is 0.253 e. The normalized spacial score (nSPS) is 20.8. The Bertz CT molecular complexity index is 705. The first-order valence-corrected chi connectivity index (χ1v) is 8.81. The summed E-state index contributed by atoms with van der Waals surface area (Å²) in [6, 6.07) is 12.8. The number of aryl methyl sites for hydroxylation is 1. The van der Waals surface area contributed by atoms with Crippen molar-refractivity contribution < 1.29 is 4.79 Å². The van der Waals surface area contributed by atoms with Crippen molar-refractivity contribution in [2.24, 2.45) is 5.73 Å². The van der Waals surface area contributed by atoms with Crippen LogP contribution in [-0.2, 0) is 6.54 Å². The van der Waals surface area contributed by atoms with Gasteiger partial charge in [0.05, 0.1) is 5.56 Å². The number of amides is 1. The lowest BCUT2D eigenvalue weighted by atomic mass is 9.91. The molecule has 1 aromatic carbocycles. The van der Waals surface area contributed by atoms with E-state index in [2.05, 4.69) is 28.9 Å². The number of benzene rings is 1. The Morgan fingerprint density at radius 2 is 2.00 bits per heavy atom. The maximum atomic E-state index is 12.7. The molecule has 2 aromatic rings. The van der Waals surface area contributed by atoms with E-state index < -0.39 is 0 Å². The lowest BCUT2D eigenvalue weighted by Crippen LogP contribution is -2.42. The first-order valence-electron chi connectivity index (χ1n) is 8.81. The fourth-order valence-electron chi connectivity index (χ4n) is 3.66. The van der Waals surface area contributed by atoms with Gasteiger partial charge in [-0.15, -0.1) is 0 Å². The molecule has 0 radical (unpaired) electrons. The molecule has 0 bridgehead atoms. The van der Waals surface area contributed by atoms with Gasteiger partial charge >= 0.3 is 0 Å². The van der Waals surface area contributed by atoms with Gasteiger partial charge in [0.25, 0.3) is 5.91 Å². The van der Waals surface area contributed by atoms with Crippen LogP contribution in [0.5, 0.6) is 0 Å². The van der Waals surface area contributed by atoms with Gasteiger partial charge in [0, 0.05) is 30.0 Å². The second-order valence-electron chi connectivity index (χ2n) is 6.95. The molecule has 1 fully saturated rings. The molecule has 1 aromatic heterocycles. The summed E-state index contributed by atoms with van der Waals surface area (Å²) in [5, 5.41) is 3.18. The third-order valence-corrected chi connectivity index (χ3v) is 5.05. The Morgan fingerprint density at radius 1 is 1.25 bits per heavy atom. The Hall–Kier alpha value is -2.07. The molecule has 0 saturated heterocycles. The van der Waals surface area contributed by atoms with Crippen molar-refractivity contribution in [3.63, 3.8) is 0 Å². The second-order valence-corrected chi connectivity index (χ2v) is 6.95. The molecule has 1 amide bonds. The molecule has 1 aliphatic carbocycles. The quantitative estimate of drug-likeness (QED) is 0.907. The zero-order chi connectivity index (χ0) is 17.1. The predicted octanol–water partition coefficient (Wildman–Crippen LogP) is 3.15. The van der Waals surface area contributed by atoms with Crippen LogP contribution in [-0.4, -0.2) is 22.6 Å². The minimum absolute atomic E-state index is 0.0292. The summed E-state index contributed by atoms with van der Waals surface area (Å²) in [6.45, 7) is 4.88. The summed E-state index contributed by atoms with van der Waals surface area (Å²) in [4.78, 5) is 12.7. The number of rotatable bonds is 4. The van der Waals surface area contributed by atoms with Gasteiger partial charge in [0.15, 0.2) is 0 Å². The molecule has 4 nitrogen and oxygen atoms in total. The third kappa shape index (κ3) is 3.70. The van der Waals surface area contributed by atoms with Crippen LogP contribution in [0.15, 0.2) is 36.4 Å². The monoisotopic (exact) mass is 325 g/mol. The van der Waals surface area contributed by atoms with Crippen molar-refractivity contribution in [2.45, 2.75) is 58.2 Å². The highest BCUT2D eigenvalue weighted by Crippen LogP contribution is 2.20. The van der Waals surface area contributed by atoms with Crippen LogP contribution in [0.1, 0.15) is 53.0 Å². The molecule has 0 aliphatic heterocycles. The predicted molar refractivity (Wildman–Crippen MR) is 97.1 cm³/mol. The Labute approximate surface area is 144 Å². The average molecular weight is 325 g/mol. The van der Waals surface area contributed by atoms with Crippen LogP contribution in [0, 0.1) is 13.8 Å². The van der Waals surface area contributed by atoms with Gasteiger partial charge in [-0.1, -0.05) is 30.3 Å². The molecule has 1 aliphatic rings. The summed E-state index contributed by atoms with van der Waals surface area (Å²) >= 11 is 0. The topological polar surface area (TPSA) is 60.1 Å². The number of carbonyl (C=O) groups is 1. The molecule has 3 rings (SSSR count). The molecule has 24 heavy (non-hydrogen) atoms. The average Bonchev–Trinajstić information content (AvgIpc) is 2.84. The smallest absolute Gasteiger partial charge is 0.253 e. The highest BCUT2D eigenvalue weighted by Gasteiger charge is 2.23. The summed E-state index contributed by atoms with van der Waals surface area (Å²) in [5.74, 6) is 0.0292. The van der Waals surface area contributed by atoms with Crippen molar-refractivity contribution in [3.8, 4) is 0 Å². The van der Waals surface area contributed by atoms with Gasteiger partial charge < -0.3 is 15.6 Å². The first-order chi connectivity index (χ1) is 11.5. The van der Waals surface area contributed by atoms with E-state index in [4.69, 9.17) is 5.73 Å². The Morgan fingerprint density at radius 3 is 2.71 bits per heavy atom. The summed E-state index contributed by atoms with van der Waals surface area (Å²) < 4.78 is 2.21. The van der Waals surface area contributed by atoms with Gasteiger partial charge in [0.1, 0.15) is 0 Å². The lowest BCUT2D eigenvalue weighted by molar-refractivity contribution is 0.0925. The first kappa shape index (κ1) is 16.8. The SMILES string of the molecule is Cc1cc(C(=O)NC2CCCC(N)C2)c(C)n1Cc1ccccc1. The number of carbonyl (C=O) groups excluding carboxylic acids is 1. The van der Waals surface area contributed by atoms with Crippen molar-refractivity contribution in [2.75, 3.05) is 0 Å². The number of nitrogens with one attached hydrogen (secondary N) is 1. The fraction of sp³-hybridized carbons (Fsp3) is 0.450. The molecule has 2 unspecified atom stereocenters. The number of hydrogen-bond acceptors (Lipinski definition) is 2. The van der Waals surface area contributed by atoms with E-state index in [9.17, 15) is 4.79 Å². The molecular formula is C20H27N3O. The summed E-state index contributed by atoms with van der Waals surface area (Å²) in [6.07, 6.45) is 4.08. The molecule has 0 spiro atoms. The standard InChI is InChI=1S/C20H27N3O/c1-14-11-19(20(24)22-18-10-6-9-17(21)12-18)15(2)23(14)13-16-7-4-3-5-8-16/h3-5,7-8,11,17-18H,6,9-10,12-13,21H2,1-2H3,(H,22,24). The van der Waals surface area contributed by atoms with Gasteiger partial charge in [-0.2, -0.15) is 0 Å². The van der Waals surface area contributed by atoms with Crippen LogP contribution in [0.25, 0.3) is 0 Å². The number of hydrogen-bond donors (Lipinski definition) is 2. The van der Waals surface area contributed by atoms with Crippen LogP contribution in [0.2, 0.25) is 0 Å². The zero-order valence-corrected chi connectivity index (χ0v) is 14.6. The van der Waals surface area contributed by atoms with Crippen LogP contribution >= 0.6 is 0 Å². The van der Waals surface area contributed by atoms with Gasteiger partial charge in [-0.05, 0) is 51.2 Å². The van der Waals surface area contributed by atoms with E-state index in [1.54, 1.807) is 0 Å². The van der Waals surface area contributed by atoms with Crippen LogP contribution < -0.4 is 11.1 Å². The number of nitrogens with zero attached hydrogens (tertiary/aromatic N) is 1. The maximum absolute atomic E-state index is 12.7. The minimum Gasteiger partial charge on any atom is -0.349 e. The molecular weight excluding hydrogens is 298 g/mol. The van der Waals surface area contributed by atoms with Crippen molar-refractivity contribution >= 4 is 5.91 Å². The van der Waals surface area contributed by atoms with Crippen molar-refractivity contribution in [1.82, 2.24) is 9.88 Å². The van der Waals surface area contributed by atoms with Crippen molar-refractivity contribution in [3.05, 3.63) is 58.9 Å². The number of nitrogens with two attached hydrogens (primary N) is 1. The Kier molecular flexibility index (Phi) is 5.05.